The number of pyridine rings is 1. The number of rotatable bonds is 8. The number of amides is 1. The number of anilines is 3. The topological polar surface area (TPSA) is 113 Å². The Morgan fingerprint density at radius 3 is 2.71 bits per heavy atom. The van der Waals surface area contributed by atoms with Gasteiger partial charge in [-0.25, -0.2) is 18.9 Å². The summed E-state index contributed by atoms with van der Waals surface area (Å²) < 4.78 is 15.8. The maximum atomic E-state index is 14.4. The summed E-state index contributed by atoms with van der Waals surface area (Å²) in [6, 6.07) is 3.49. The van der Waals surface area contributed by atoms with Crippen molar-refractivity contribution >= 4 is 34.7 Å². The van der Waals surface area contributed by atoms with E-state index in [1.165, 1.54) is 23.1 Å². The van der Waals surface area contributed by atoms with Gasteiger partial charge in [0.05, 0.1) is 23.6 Å². The van der Waals surface area contributed by atoms with E-state index in [1.807, 2.05) is 13.8 Å². The molecule has 0 unspecified atom stereocenters. The van der Waals surface area contributed by atoms with Gasteiger partial charge in [0.15, 0.2) is 17.3 Å². The van der Waals surface area contributed by atoms with Gasteiger partial charge in [0.25, 0.3) is 5.91 Å². The summed E-state index contributed by atoms with van der Waals surface area (Å²) >= 11 is 0. The first-order chi connectivity index (χ1) is 16.3. The lowest BCUT2D eigenvalue weighted by molar-refractivity contribution is -0.118. The molecule has 0 aromatic carbocycles. The number of nitrogens with zero attached hydrogens (tertiary/aromatic N) is 4. The number of fused-ring (bicyclic) bond motifs is 1. The molecule has 9 nitrogen and oxygen atoms in total. The van der Waals surface area contributed by atoms with Crippen molar-refractivity contribution in [2.75, 3.05) is 10.6 Å². The van der Waals surface area contributed by atoms with Crippen molar-refractivity contribution in [1.82, 2.24) is 24.9 Å². The summed E-state index contributed by atoms with van der Waals surface area (Å²) in [5.74, 6) is 0.236. The van der Waals surface area contributed by atoms with Gasteiger partial charge in [-0.3, -0.25) is 4.79 Å². The van der Waals surface area contributed by atoms with Crippen molar-refractivity contribution in [3.05, 3.63) is 42.1 Å². The molecule has 0 atom stereocenters. The van der Waals surface area contributed by atoms with E-state index >= 15 is 0 Å². The smallest absolute Gasteiger partial charge is 0.255 e. The van der Waals surface area contributed by atoms with Gasteiger partial charge in [0.2, 0.25) is 0 Å². The van der Waals surface area contributed by atoms with Crippen LogP contribution in [0, 0.1) is 11.7 Å². The minimum absolute atomic E-state index is 0.0236. The number of Topliss-reactive ketones (excluding diaryl/α,β-unsaturated/α-hetero) is 1. The highest BCUT2D eigenvalue weighted by molar-refractivity contribution is 6.00. The van der Waals surface area contributed by atoms with E-state index in [4.69, 9.17) is 0 Å². The quantitative estimate of drug-likeness (QED) is 0.457. The van der Waals surface area contributed by atoms with E-state index in [2.05, 4.69) is 31.0 Å². The molecule has 3 aromatic rings. The molecule has 0 bridgehead atoms. The van der Waals surface area contributed by atoms with Gasteiger partial charge in [-0.15, -0.1) is 0 Å². The molecule has 0 radical (unpaired) electrons. The fourth-order valence-electron chi connectivity index (χ4n) is 4.36. The van der Waals surface area contributed by atoms with Crippen LogP contribution in [0.2, 0.25) is 0 Å². The first-order valence-electron chi connectivity index (χ1n) is 11.6. The van der Waals surface area contributed by atoms with Crippen molar-refractivity contribution in [2.24, 2.45) is 5.92 Å². The van der Waals surface area contributed by atoms with Gasteiger partial charge in [-0.05, 0) is 52.4 Å². The number of halogens is 1. The number of hydrogen-bond donors (Lipinski definition) is 3. The second kappa shape index (κ2) is 10.1. The molecule has 0 spiro atoms. The first-order valence-corrected chi connectivity index (χ1v) is 11.6. The molecule has 3 aromatic heterocycles. The van der Waals surface area contributed by atoms with E-state index in [-0.39, 0.29) is 29.6 Å². The SMILES string of the molecule is CC(=O)CC1CCC(NC(=O)c2cnc(Nc3nc4ccnn4cc3F)cc2NC(C)C)CC1. The number of ketones is 1. The van der Waals surface area contributed by atoms with Gasteiger partial charge >= 0.3 is 0 Å². The number of carbonyl (C=O) groups is 2. The average molecular weight is 468 g/mol. The molecule has 180 valence electrons. The Bertz CT molecular complexity index is 1190. The lowest BCUT2D eigenvalue weighted by Crippen LogP contribution is -2.38. The van der Waals surface area contributed by atoms with E-state index in [0.717, 1.165) is 25.7 Å². The zero-order chi connectivity index (χ0) is 24.2. The summed E-state index contributed by atoms with van der Waals surface area (Å²) in [6.45, 7) is 5.57. The van der Waals surface area contributed by atoms with Crippen molar-refractivity contribution in [1.29, 1.82) is 0 Å². The Morgan fingerprint density at radius 1 is 1.24 bits per heavy atom. The number of nitrogens with one attached hydrogen (secondary N) is 3. The Labute approximate surface area is 197 Å². The Morgan fingerprint density at radius 2 is 2.00 bits per heavy atom. The molecule has 0 aliphatic heterocycles. The second-order valence-electron chi connectivity index (χ2n) is 9.21. The van der Waals surface area contributed by atoms with Gasteiger partial charge in [-0.2, -0.15) is 5.10 Å². The molecule has 1 fully saturated rings. The summed E-state index contributed by atoms with van der Waals surface area (Å²) in [5, 5.41) is 13.3. The van der Waals surface area contributed by atoms with Gasteiger partial charge < -0.3 is 20.7 Å². The van der Waals surface area contributed by atoms with Crippen LogP contribution in [0.3, 0.4) is 0 Å². The number of hydrogen-bond acceptors (Lipinski definition) is 7. The Hall–Kier alpha value is -3.56. The second-order valence-corrected chi connectivity index (χ2v) is 9.21. The van der Waals surface area contributed by atoms with Crippen molar-refractivity contribution < 1.29 is 14.0 Å². The maximum Gasteiger partial charge on any atom is 0.255 e. The minimum atomic E-state index is -0.571. The van der Waals surface area contributed by atoms with Gasteiger partial charge in [0.1, 0.15) is 11.6 Å². The van der Waals surface area contributed by atoms with Crippen LogP contribution in [0.15, 0.2) is 30.7 Å². The molecule has 0 saturated heterocycles. The molecule has 1 aliphatic carbocycles. The third kappa shape index (κ3) is 5.67. The minimum Gasteiger partial charge on any atom is -0.382 e. The lowest BCUT2D eigenvalue weighted by Gasteiger charge is -2.29. The molecular weight excluding hydrogens is 437 g/mol. The van der Waals surface area contributed by atoms with E-state index in [0.29, 0.717) is 35.1 Å². The molecule has 10 heteroatoms. The average Bonchev–Trinajstić information content (AvgIpc) is 3.22. The summed E-state index contributed by atoms with van der Waals surface area (Å²) in [7, 11) is 0. The van der Waals surface area contributed by atoms with E-state index in [9.17, 15) is 14.0 Å². The first kappa shape index (κ1) is 23.6. The molecule has 1 aliphatic rings. The molecule has 4 rings (SSSR count). The fourth-order valence-corrected chi connectivity index (χ4v) is 4.36. The molecular formula is C24H30FN7O2. The van der Waals surface area contributed by atoms with Crippen LogP contribution in [0.5, 0.6) is 0 Å². The third-order valence-corrected chi connectivity index (χ3v) is 5.93. The highest BCUT2D eigenvalue weighted by Crippen LogP contribution is 2.28. The summed E-state index contributed by atoms with van der Waals surface area (Å²) in [4.78, 5) is 33.0. The molecule has 34 heavy (non-hydrogen) atoms. The normalized spacial score (nSPS) is 18.1. The summed E-state index contributed by atoms with van der Waals surface area (Å²) in [5.41, 5.74) is 1.52. The van der Waals surface area contributed by atoms with Crippen LogP contribution in [-0.4, -0.2) is 43.4 Å². The Balaban J connectivity index is 1.48. The fraction of sp³-hybridized carbons (Fsp3) is 0.458. The zero-order valence-electron chi connectivity index (χ0n) is 19.6. The monoisotopic (exact) mass is 467 g/mol. The van der Waals surface area contributed by atoms with E-state index in [1.54, 1.807) is 19.1 Å². The van der Waals surface area contributed by atoms with Crippen molar-refractivity contribution in [2.45, 2.75) is 65.0 Å². The molecule has 1 saturated carbocycles. The molecule has 1 amide bonds. The largest absolute Gasteiger partial charge is 0.382 e. The van der Waals surface area contributed by atoms with Crippen LogP contribution >= 0.6 is 0 Å². The van der Waals surface area contributed by atoms with Crippen LogP contribution in [-0.2, 0) is 4.79 Å². The lowest BCUT2D eigenvalue weighted by atomic mass is 9.83. The maximum absolute atomic E-state index is 14.4. The number of aromatic nitrogens is 4. The van der Waals surface area contributed by atoms with Crippen LogP contribution in [0.4, 0.5) is 21.7 Å². The predicted octanol–water partition coefficient (Wildman–Crippen LogP) is 4.10. The number of carbonyl (C=O) groups excluding carboxylic acids is 2. The highest BCUT2D eigenvalue weighted by Gasteiger charge is 2.25. The molecule has 3 N–H and O–H groups in total. The van der Waals surface area contributed by atoms with Gasteiger partial charge in [-0.1, -0.05) is 0 Å². The van der Waals surface area contributed by atoms with E-state index < -0.39 is 5.82 Å². The van der Waals surface area contributed by atoms with Crippen LogP contribution in [0.25, 0.3) is 5.65 Å². The standard InChI is InChI=1S/C24H30FN7O2/c1-14(2)28-20-11-21(30-23-19(25)13-32-22(31-23)8-9-27-32)26-12-18(20)24(34)29-17-6-4-16(5-7-17)10-15(3)33/h8-9,11-14,16-17H,4-7,10H2,1-3H3,(H,29,34)(H2,26,28,30,31). The highest BCUT2D eigenvalue weighted by atomic mass is 19.1. The van der Waals surface area contributed by atoms with Crippen LogP contribution in [0.1, 0.15) is 63.2 Å². The summed E-state index contributed by atoms with van der Waals surface area (Å²) in [6.07, 6.45) is 8.45. The van der Waals surface area contributed by atoms with Crippen LogP contribution < -0.4 is 16.0 Å². The predicted molar refractivity (Wildman–Crippen MR) is 128 cm³/mol. The zero-order valence-corrected chi connectivity index (χ0v) is 19.6. The molecule has 3 heterocycles. The van der Waals surface area contributed by atoms with Crippen molar-refractivity contribution in [3.63, 3.8) is 0 Å². The van der Waals surface area contributed by atoms with Crippen molar-refractivity contribution in [3.8, 4) is 0 Å². The van der Waals surface area contributed by atoms with Gasteiger partial charge in [0, 0.05) is 36.8 Å². The third-order valence-electron chi connectivity index (χ3n) is 5.93. The Kier molecular flexibility index (Phi) is 7.04.